The molecule has 0 aliphatic rings. The fourth-order valence-corrected chi connectivity index (χ4v) is 4.72. The summed E-state index contributed by atoms with van der Waals surface area (Å²) < 4.78 is 94.5. The third-order valence-corrected chi connectivity index (χ3v) is 7.29. The van der Waals surface area contributed by atoms with E-state index in [2.05, 4.69) is 38.2 Å². The van der Waals surface area contributed by atoms with Crippen LogP contribution in [0.25, 0.3) is 0 Å². The number of halogens is 6. The fraction of sp³-hybridized carbons (Fsp3) is 0.545. The van der Waals surface area contributed by atoms with Crippen molar-refractivity contribution in [3.63, 3.8) is 0 Å². The van der Waals surface area contributed by atoms with Crippen LogP contribution in [0.4, 0.5) is 37.3 Å². The molecule has 2 aromatic heterocycles. The van der Waals surface area contributed by atoms with Crippen molar-refractivity contribution < 1.29 is 54.6 Å². The Morgan fingerprint density at radius 2 is 1.64 bits per heavy atom. The SMILES string of the molecule is C[C@@H](N)[C@H](CNc1ncc(S(=O)(=O)Nc2ncns2)cc1C#N)CC(C)(C)CCN.O=C(O)C(F)(F)F.O=C(O)C(F)(F)F. The Balaban J connectivity index is 0.00000109. The summed E-state index contributed by atoms with van der Waals surface area (Å²) >= 11 is 0.911. The second kappa shape index (κ2) is 16.9. The number of nitriles is 1. The number of carboxylic acids is 2. The first kappa shape index (κ1) is 40.2. The van der Waals surface area contributed by atoms with Crippen LogP contribution >= 0.6 is 11.5 Å². The summed E-state index contributed by atoms with van der Waals surface area (Å²) in [6.07, 6.45) is -5.98. The zero-order valence-electron chi connectivity index (χ0n) is 23.3. The summed E-state index contributed by atoms with van der Waals surface area (Å²) in [7, 11) is -3.92. The minimum absolute atomic E-state index is 0.0362. The lowest BCUT2D eigenvalue weighted by atomic mass is 9.78. The summed E-state index contributed by atoms with van der Waals surface area (Å²) in [5.41, 5.74) is 12.0. The Morgan fingerprint density at radius 1 is 1.11 bits per heavy atom. The monoisotopic (exact) mass is 680 g/mol. The van der Waals surface area contributed by atoms with E-state index in [0.717, 1.165) is 24.4 Å². The van der Waals surface area contributed by atoms with Gasteiger partial charge in [0.05, 0.1) is 5.56 Å². The molecule has 0 bridgehead atoms. The molecular formula is C22H30F6N8O6S2. The second-order valence-corrected chi connectivity index (χ2v) is 12.0. The molecule has 0 aliphatic carbocycles. The van der Waals surface area contributed by atoms with Crippen molar-refractivity contribution in [1.82, 2.24) is 14.3 Å². The van der Waals surface area contributed by atoms with Crippen LogP contribution in [0.1, 0.15) is 39.2 Å². The van der Waals surface area contributed by atoms with E-state index in [4.69, 9.17) is 31.3 Å². The van der Waals surface area contributed by atoms with E-state index in [1.54, 1.807) is 0 Å². The summed E-state index contributed by atoms with van der Waals surface area (Å²) in [6.45, 7) is 7.35. The zero-order valence-corrected chi connectivity index (χ0v) is 24.9. The smallest absolute Gasteiger partial charge is 0.475 e. The predicted molar refractivity (Wildman–Crippen MR) is 145 cm³/mol. The number of hydrogen-bond donors (Lipinski definition) is 6. The fourth-order valence-electron chi connectivity index (χ4n) is 3.08. The molecule has 0 unspecified atom stereocenters. The number of anilines is 2. The van der Waals surface area contributed by atoms with Gasteiger partial charge in [0.15, 0.2) is 0 Å². The summed E-state index contributed by atoms with van der Waals surface area (Å²) in [4.78, 5) is 25.6. The average molecular weight is 681 g/mol. The molecule has 22 heteroatoms. The molecule has 0 saturated heterocycles. The first-order chi connectivity index (χ1) is 20.0. The van der Waals surface area contributed by atoms with Crippen LogP contribution in [-0.2, 0) is 19.6 Å². The lowest BCUT2D eigenvalue weighted by Gasteiger charge is -2.32. The number of nitrogens with two attached hydrogens (primary N) is 2. The number of rotatable bonds is 11. The van der Waals surface area contributed by atoms with Crippen LogP contribution in [0.15, 0.2) is 23.5 Å². The lowest BCUT2D eigenvalue weighted by molar-refractivity contribution is -0.193. The van der Waals surface area contributed by atoms with Gasteiger partial charge in [-0.3, -0.25) is 4.72 Å². The Labute approximate surface area is 251 Å². The number of carboxylic acid groups (broad SMARTS) is 2. The molecular weight excluding hydrogens is 650 g/mol. The normalized spacial score (nSPS) is 13.1. The molecule has 0 saturated carbocycles. The Hall–Kier alpha value is -3.81. The predicted octanol–water partition coefficient (Wildman–Crippen LogP) is 3.01. The number of carbonyl (C=O) groups is 2. The lowest BCUT2D eigenvalue weighted by Crippen LogP contribution is -2.36. The maximum Gasteiger partial charge on any atom is 0.490 e. The molecule has 0 aliphatic heterocycles. The maximum atomic E-state index is 12.5. The second-order valence-electron chi connectivity index (χ2n) is 9.54. The molecule has 2 heterocycles. The van der Waals surface area contributed by atoms with E-state index in [9.17, 15) is 40.0 Å². The zero-order chi connectivity index (χ0) is 34.5. The molecule has 8 N–H and O–H groups in total. The topological polar surface area (TPSA) is 247 Å². The highest BCUT2D eigenvalue weighted by molar-refractivity contribution is 7.93. The van der Waals surface area contributed by atoms with E-state index in [1.165, 1.54) is 18.6 Å². The Bertz CT molecular complexity index is 1340. The molecule has 0 fully saturated rings. The van der Waals surface area contributed by atoms with Gasteiger partial charge in [-0.15, -0.1) is 0 Å². The van der Waals surface area contributed by atoms with Gasteiger partial charge in [-0.25, -0.2) is 28.0 Å². The van der Waals surface area contributed by atoms with E-state index >= 15 is 0 Å². The Kier molecular flexibility index (Phi) is 15.4. The first-order valence-electron chi connectivity index (χ1n) is 12.0. The number of alkyl halides is 6. The van der Waals surface area contributed by atoms with Crippen molar-refractivity contribution in [2.45, 2.75) is 56.9 Å². The molecule has 0 radical (unpaired) electrons. The molecule has 2 rings (SSSR count). The number of aliphatic carboxylic acids is 2. The standard InChI is InChI=1S/C18H28N8O2S2.2C2HF3O2/c1-12(21)14(7-18(2,3)4-5-19)9-22-16-13(8-20)6-15(10-23-16)30(27,28)26-17-24-11-25-29-17;2*3-2(4,5)1(6)7/h6,10-12,14H,4-5,7,9,19,21H2,1-3H3,(H,22,23)(H,24,25,26);2*(H,6,7)/t12-,14+;;/m1../s1. The van der Waals surface area contributed by atoms with Crippen LogP contribution in [-0.4, -0.2) is 76.4 Å². The molecule has 0 amide bonds. The van der Waals surface area contributed by atoms with E-state index in [0.29, 0.717) is 18.9 Å². The molecule has 14 nitrogen and oxygen atoms in total. The van der Waals surface area contributed by atoms with E-state index in [1.807, 2.05) is 13.0 Å². The number of hydrogen-bond acceptors (Lipinski definition) is 12. The van der Waals surface area contributed by atoms with E-state index < -0.39 is 34.3 Å². The van der Waals surface area contributed by atoms with Crippen LogP contribution in [0.2, 0.25) is 0 Å². The molecule has 0 aromatic carbocycles. The van der Waals surface area contributed by atoms with Gasteiger partial charge in [0.2, 0.25) is 5.13 Å². The van der Waals surface area contributed by atoms with Gasteiger partial charge in [0.25, 0.3) is 10.0 Å². The van der Waals surface area contributed by atoms with Crippen molar-refractivity contribution in [3.05, 3.63) is 24.2 Å². The highest BCUT2D eigenvalue weighted by Crippen LogP contribution is 2.30. The summed E-state index contributed by atoms with van der Waals surface area (Å²) in [6, 6.07) is 3.20. The highest BCUT2D eigenvalue weighted by atomic mass is 32.2. The largest absolute Gasteiger partial charge is 0.490 e. The number of aromatic nitrogens is 3. The van der Waals surface area contributed by atoms with Crippen LogP contribution in [0, 0.1) is 22.7 Å². The van der Waals surface area contributed by atoms with Gasteiger partial charge in [0, 0.05) is 30.3 Å². The van der Waals surface area contributed by atoms with Crippen molar-refractivity contribution in [2.75, 3.05) is 23.1 Å². The van der Waals surface area contributed by atoms with Gasteiger partial charge in [-0.2, -0.15) is 36.0 Å². The quantitative estimate of drug-likeness (QED) is 0.187. The third kappa shape index (κ3) is 15.1. The molecule has 0 spiro atoms. The van der Waals surface area contributed by atoms with Gasteiger partial charge < -0.3 is 27.0 Å². The first-order valence-corrected chi connectivity index (χ1v) is 14.2. The molecule has 248 valence electrons. The third-order valence-electron chi connectivity index (χ3n) is 5.27. The highest BCUT2D eigenvalue weighted by Gasteiger charge is 2.39. The van der Waals surface area contributed by atoms with E-state index in [-0.39, 0.29) is 33.0 Å². The minimum atomic E-state index is -5.08. The van der Waals surface area contributed by atoms with Gasteiger partial charge in [-0.1, -0.05) is 13.8 Å². The van der Waals surface area contributed by atoms with Gasteiger partial charge in [0.1, 0.15) is 23.1 Å². The van der Waals surface area contributed by atoms with Crippen molar-refractivity contribution in [2.24, 2.45) is 22.8 Å². The molecule has 2 atom stereocenters. The minimum Gasteiger partial charge on any atom is -0.475 e. The number of sulfonamides is 1. The maximum absolute atomic E-state index is 12.5. The van der Waals surface area contributed by atoms with Crippen LogP contribution in [0.5, 0.6) is 0 Å². The average Bonchev–Trinajstić information content (AvgIpc) is 3.38. The summed E-state index contributed by atoms with van der Waals surface area (Å²) in [5.74, 6) is -5.07. The number of pyridine rings is 1. The summed E-state index contributed by atoms with van der Waals surface area (Å²) in [5, 5.41) is 27.0. The molecule has 2 aromatic rings. The van der Waals surface area contributed by atoms with Crippen LogP contribution < -0.4 is 21.5 Å². The van der Waals surface area contributed by atoms with Gasteiger partial charge in [-0.05, 0) is 43.7 Å². The van der Waals surface area contributed by atoms with Crippen molar-refractivity contribution in [3.8, 4) is 6.07 Å². The van der Waals surface area contributed by atoms with Gasteiger partial charge >= 0.3 is 24.3 Å². The van der Waals surface area contributed by atoms with Crippen LogP contribution in [0.3, 0.4) is 0 Å². The van der Waals surface area contributed by atoms with Crippen molar-refractivity contribution in [1.29, 1.82) is 5.26 Å². The number of nitrogens with one attached hydrogen (secondary N) is 2. The Morgan fingerprint density at radius 3 is 2.02 bits per heavy atom. The number of nitrogens with zero attached hydrogens (tertiary/aromatic N) is 4. The van der Waals surface area contributed by atoms with Crippen molar-refractivity contribution >= 4 is 44.4 Å². The molecule has 44 heavy (non-hydrogen) atoms.